The molecule has 2 aromatic rings. The van der Waals surface area contributed by atoms with Gasteiger partial charge in [-0.3, -0.25) is 24.3 Å². The molecule has 0 saturated carbocycles. The molecule has 1 N–H and O–H groups in total. The largest absolute Gasteiger partial charge is 0.337 e. The van der Waals surface area contributed by atoms with Crippen molar-refractivity contribution < 1.29 is 9.59 Å². The summed E-state index contributed by atoms with van der Waals surface area (Å²) in [6, 6.07) is 24.4. The van der Waals surface area contributed by atoms with Crippen molar-refractivity contribution >= 4 is 11.8 Å². The number of rotatable bonds is 5. The number of fused-ring (bicyclic) bond motifs is 2. The molecule has 2 amide bonds. The second kappa shape index (κ2) is 13.1. The first-order chi connectivity index (χ1) is 21.1. The Morgan fingerprint density at radius 1 is 0.581 bits per heavy atom. The van der Waals surface area contributed by atoms with Crippen LogP contribution in [0.4, 0.5) is 0 Å². The van der Waals surface area contributed by atoms with Gasteiger partial charge in [0.15, 0.2) is 0 Å². The highest BCUT2D eigenvalue weighted by Crippen LogP contribution is 2.35. The van der Waals surface area contributed by atoms with Gasteiger partial charge in [-0.05, 0) is 36.8 Å². The molecule has 6 aliphatic rings. The smallest absolute Gasteiger partial charge is 0.222 e. The summed E-state index contributed by atoms with van der Waals surface area (Å²) in [5, 5.41) is 3.32. The minimum atomic E-state index is 0.330. The molecule has 6 fully saturated rings. The normalized spacial score (nSPS) is 27.6. The SMILES string of the molecule is O=C1CCCC2CN(C3CN(C(c4ccccc4)c4ccccc4)C3)CCN12.O=C1CCCC2CN(C3CNC3)CCN12. The number of piperazine rings is 2. The number of hydrogen-bond acceptors (Lipinski definition) is 6. The fraction of sp³-hybridized carbons (Fsp3) is 0.600. The van der Waals surface area contributed by atoms with Crippen molar-refractivity contribution in [2.24, 2.45) is 0 Å². The van der Waals surface area contributed by atoms with Gasteiger partial charge in [0.25, 0.3) is 0 Å². The molecule has 0 radical (unpaired) electrons. The van der Waals surface area contributed by atoms with Gasteiger partial charge in [0, 0.05) is 102 Å². The minimum absolute atomic E-state index is 0.330. The topological polar surface area (TPSA) is 62.4 Å². The van der Waals surface area contributed by atoms with Crippen LogP contribution in [0.1, 0.15) is 55.7 Å². The molecule has 2 unspecified atom stereocenters. The van der Waals surface area contributed by atoms with Crippen LogP contribution in [0.15, 0.2) is 60.7 Å². The molecule has 6 heterocycles. The van der Waals surface area contributed by atoms with Crippen LogP contribution in [0.25, 0.3) is 0 Å². The number of carbonyl (C=O) groups excluding carboxylic acids is 2. The molecule has 8 nitrogen and oxygen atoms in total. The van der Waals surface area contributed by atoms with Gasteiger partial charge >= 0.3 is 0 Å². The van der Waals surface area contributed by atoms with Crippen molar-refractivity contribution in [3.8, 4) is 0 Å². The summed E-state index contributed by atoms with van der Waals surface area (Å²) in [5.74, 6) is 0.761. The third-order valence-electron chi connectivity index (χ3n) is 10.8. The molecule has 8 rings (SSSR count). The van der Waals surface area contributed by atoms with Crippen LogP contribution in [0.5, 0.6) is 0 Å². The van der Waals surface area contributed by atoms with E-state index in [-0.39, 0.29) is 0 Å². The summed E-state index contributed by atoms with van der Waals surface area (Å²) in [4.78, 5) is 35.9. The summed E-state index contributed by atoms with van der Waals surface area (Å²) < 4.78 is 0. The number of hydrogen-bond donors (Lipinski definition) is 1. The molecule has 8 heteroatoms. The van der Waals surface area contributed by atoms with E-state index in [1.165, 1.54) is 24.0 Å². The van der Waals surface area contributed by atoms with Crippen LogP contribution >= 0.6 is 0 Å². The predicted molar refractivity (Wildman–Crippen MR) is 169 cm³/mol. The molecule has 0 aromatic heterocycles. The van der Waals surface area contributed by atoms with E-state index in [4.69, 9.17) is 0 Å². The molecule has 230 valence electrons. The van der Waals surface area contributed by atoms with Gasteiger partial charge in [-0.15, -0.1) is 0 Å². The number of benzene rings is 2. The number of piperidine rings is 2. The highest BCUT2D eigenvalue weighted by molar-refractivity contribution is 5.78. The Morgan fingerprint density at radius 2 is 1.07 bits per heavy atom. The quantitative estimate of drug-likeness (QED) is 0.584. The van der Waals surface area contributed by atoms with E-state index in [0.29, 0.717) is 36.0 Å². The Hall–Kier alpha value is -2.78. The first-order valence-corrected chi connectivity index (χ1v) is 16.8. The average Bonchev–Trinajstić information content (AvgIpc) is 2.99. The lowest BCUT2D eigenvalue weighted by atomic mass is 9.91. The van der Waals surface area contributed by atoms with Crippen LogP contribution in [0, 0.1) is 0 Å². The Bertz CT molecular complexity index is 1190. The second-order valence-electron chi connectivity index (χ2n) is 13.4. The van der Waals surface area contributed by atoms with Crippen molar-refractivity contribution in [2.75, 3.05) is 65.4 Å². The zero-order chi connectivity index (χ0) is 29.2. The van der Waals surface area contributed by atoms with E-state index >= 15 is 0 Å². The lowest BCUT2D eigenvalue weighted by Gasteiger charge is -2.53. The average molecular weight is 585 g/mol. The van der Waals surface area contributed by atoms with Crippen molar-refractivity contribution in [2.45, 2.75) is 68.7 Å². The van der Waals surface area contributed by atoms with Crippen LogP contribution in [0.3, 0.4) is 0 Å². The van der Waals surface area contributed by atoms with Crippen molar-refractivity contribution in [3.05, 3.63) is 71.8 Å². The van der Waals surface area contributed by atoms with Gasteiger partial charge in [-0.1, -0.05) is 60.7 Å². The molecule has 2 atom stereocenters. The Kier molecular flexibility index (Phi) is 8.80. The van der Waals surface area contributed by atoms with Gasteiger partial charge in [0.2, 0.25) is 11.8 Å². The Morgan fingerprint density at radius 3 is 1.53 bits per heavy atom. The standard InChI is InChI=1S/C24H29N3O.C11H19N3O/c28-23-13-7-12-21-16-25(14-15-27(21)23)22-17-26(18-22)24(19-8-3-1-4-9-19)20-10-5-2-6-11-20;15-11-3-1-2-9-8-13(4-5-14(9)11)10-6-12-7-10/h1-6,8-11,21-22,24H,7,12-18H2;9-10,12H,1-8H2. The van der Waals surface area contributed by atoms with Gasteiger partial charge in [0.1, 0.15) is 0 Å². The number of carbonyl (C=O) groups is 2. The third-order valence-corrected chi connectivity index (χ3v) is 10.8. The molecular weight excluding hydrogens is 536 g/mol. The highest BCUT2D eigenvalue weighted by Gasteiger charge is 2.41. The lowest BCUT2D eigenvalue weighted by Crippen LogP contribution is -2.66. The molecular formula is C35H48N6O2. The van der Waals surface area contributed by atoms with Crippen LogP contribution in [-0.4, -0.2) is 126 Å². The number of likely N-dealkylation sites (tertiary alicyclic amines) is 1. The van der Waals surface area contributed by atoms with E-state index in [1.807, 2.05) is 0 Å². The summed E-state index contributed by atoms with van der Waals surface area (Å²) >= 11 is 0. The fourth-order valence-corrected chi connectivity index (χ4v) is 8.18. The summed E-state index contributed by atoms with van der Waals surface area (Å²) in [7, 11) is 0. The molecule has 0 aliphatic carbocycles. The molecule has 2 aromatic carbocycles. The van der Waals surface area contributed by atoms with Crippen molar-refractivity contribution in [3.63, 3.8) is 0 Å². The van der Waals surface area contributed by atoms with Gasteiger partial charge in [-0.2, -0.15) is 0 Å². The number of nitrogens with zero attached hydrogens (tertiary/aromatic N) is 5. The first kappa shape index (κ1) is 29.0. The maximum Gasteiger partial charge on any atom is 0.222 e. The van der Waals surface area contributed by atoms with Crippen molar-refractivity contribution in [1.29, 1.82) is 0 Å². The maximum atomic E-state index is 12.1. The first-order valence-electron chi connectivity index (χ1n) is 16.8. The number of nitrogens with one attached hydrogen (secondary N) is 1. The molecule has 0 spiro atoms. The Balaban J connectivity index is 0.000000168. The molecule has 6 saturated heterocycles. The monoisotopic (exact) mass is 584 g/mol. The minimum Gasteiger partial charge on any atom is -0.337 e. The molecule has 0 bridgehead atoms. The molecule has 43 heavy (non-hydrogen) atoms. The van der Waals surface area contributed by atoms with E-state index in [9.17, 15) is 9.59 Å². The lowest BCUT2D eigenvalue weighted by molar-refractivity contribution is -0.141. The van der Waals surface area contributed by atoms with Gasteiger partial charge < -0.3 is 15.1 Å². The maximum absolute atomic E-state index is 12.1. The number of amides is 2. The van der Waals surface area contributed by atoms with Crippen LogP contribution in [0.2, 0.25) is 0 Å². The second-order valence-corrected chi connectivity index (χ2v) is 13.4. The fourth-order valence-electron chi connectivity index (χ4n) is 8.18. The zero-order valence-corrected chi connectivity index (χ0v) is 25.5. The van der Waals surface area contributed by atoms with Crippen molar-refractivity contribution in [1.82, 2.24) is 29.8 Å². The third kappa shape index (κ3) is 6.25. The highest BCUT2D eigenvalue weighted by atomic mass is 16.2. The predicted octanol–water partition coefficient (Wildman–Crippen LogP) is 2.81. The summed E-state index contributed by atoms with van der Waals surface area (Å²) in [5.41, 5.74) is 2.74. The van der Waals surface area contributed by atoms with Crippen LogP contribution < -0.4 is 5.32 Å². The zero-order valence-electron chi connectivity index (χ0n) is 25.5. The molecule has 6 aliphatic heterocycles. The van der Waals surface area contributed by atoms with E-state index in [1.54, 1.807) is 0 Å². The summed E-state index contributed by atoms with van der Waals surface area (Å²) in [6.07, 6.45) is 6.08. The Labute approximate surface area is 257 Å². The van der Waals surface area contributed by atoms with E-state index < -0.39 is 0 Å². The van der Waals surface area contributed by atoms with E-state index in [0.717, 1.165) is 97.2 Å². The van der Waals surface area contributed by atoms with E-state index in [2.05, 4.69) is 90.5 Å². The summed E-state index contributed by atoms with van der Waals surface area (Å²) in [6.45, 7) is 10.6. The van der Waals surface area contributed by atoms with Gasteiger partial charge in [0.05, 0.1) is 6.04 Å². The van der Waals surface area contributed by atoms with Crippen LogP contribution in [-0.2, 0) is 9.59 Å². The van der Waals surface area contributed by atoms with Gasteiger partial charge in [-0.25, -0.2) is 0 Å².